The zero-order chi connectivity index (χ0) is 42.9. The highest BCUT2D eigenvalue weighted by molar-refractivity contribution is 6.09. The van der Waals surface area contributed by atoms with Crippen molar-refractivity contribution in [2.24, 2.45) is 17.6 Å². The van der Waals surface area contributed by atoms with E-state index in [4.69, 9.17) is 5.73 Å². The topological polar surface area (TPSA) is 226 Å². The van der Waals surface area contributed by atoms with Gasteiger partial charge in [-0.2, -0.15) is 0 Å². The fourth-order valence-electron chi connectivity index (χ4n) is 8.63. The molecule has 324 valence electrons. The monoisotopic (exact) mass is 826 g/mol. The standard InChI is InChI=1S/C46H62N6O8/c47-44(58)35-18-10-11-25-48-45(59)37(28-32-19-21-34(22-20-32)43(57)33-16-8-3-9-17-33)52-46(60)38(27-31-14-6-2-7-15-31)51-42(56)29-39(53)36(26-30-12-4-1-5-13-30)50-41(55)24-23-40(54)49-35/h3,8-9,16-17,19-24,30-31,35-39,53H,1-2,4-7,10-15,18,25-29H2,(H2,47,58)(H,48,59)(H,49,54)(H,50,55)(H,51,56)(H,52,60)/t35-,36+,37-,38+,39+/m1/s1. The van der Waals surface area contributed by atoms with Crippen molar-refractivity contribution in [3.8, 4) is 0 Å². The van der Waals surface area contributed by atoms with E-state index >= 15 is 0 Å². The highest BCUT2D eigenvalue weighted by Gasteiger charge is 2.32. The van der Waals surface area contributed by atoms with Gasteiger partial charge in [0.2, 0.25) is 35.4 Å². The fraction of sp³-hybridized carbons (Fsp3) is 0.543. The summed E-state index contributed by atoms with van der Waals surface area (Å²) in [6.45, 7) is 0.192. The molecule has 14 heteroatoms. The van der Waals surface area contributed by atoms with Gasteiger partial charge in [0.25, 0.3) is 0 Å². The van der Waals surface area contributed by atoms with E-state index in [1.54, 1.807) is 48.5 Å². The van der Waals surface area contributed by atoms with Crippen LogP contribution in [0.25, 0.3) is 0 Å². The molecule has 5 atom stereocenters. The average molecular weight is 827 g/mol. The number of hydrogen-bond donors (Lipinski definition) is 7. The van der Waals surface area contributed by atoms with Crippen LogP contribution in [0, 0.1) is 11.8 Å². The first-order valence-corrected chi connectivity index (χ1v) is 21.8. The molecule has 14 nitrogen and oxygen atoms in total. The highest BCUT2D eigenvalue weighted by Crippen LogP contribution is 2.29. The Morgan fingerprint density at radius 1 is 0.617 bits per heavy atom. The number of primary amides is 1. The van der Waals surface area contributed by atoms with Gasteiger partial charge in [-0.15, -0.1) is 0 Å². The first-order valence-electron chi connectivity index (χ1n) is 21.8. The summed E-state index contributed by atoms with van der Waals surface area (Å²) < 4.78 is 0. The maximum absolute atomic E-state index is 14.2. The summed E-state index contributed by atoms with van der Waals surface area (Å²) in [6, 6.07) is 11.9. The van der Waals surface area contributed by atoms with E-state index in [1.807, 2.05) is 6.07 Å². The van der Waals surface area contributed by atoms with Crippen LogP contribution >= 0.6 is 0 Å². The SMILES string of the molecule is NC(=O)[C@H]1CCCCNC(=O)[C@@H](Cc2ccc(C(=O)c3ccccc3)cc2)NC(=O)[C@H](CC2CCCCC2)NC(=O)C[C@H](O)[C@H](CC2CCCCC2)NC(=O)C=CC(=O)N1. The van der Waals surface area contributed by atoms with E-state index in [-0.39, 0.29) is 37.0 Å². The third-order valence-corrected chi connectivity index (χ3v) is 12.0. The van der Waals surface area contributed by atoms with Crippen molar-refractivity contribution < 1.29 is 38.7 Å². The molecule has 0 unspecified atom stereocenters. The van der Waals surface area contributed by atoms with Crippen molar-refractivity contribution >= 4 is 41.2 Å². The Labute approximate surface area is 352 Å². The molecule has 1 aliphatic heterocycles. The van der Waals surface area contributed by atoms with E-state index in [1.165, 1.54) is 0 Å². The van der Waals surface area contributed by atoms with E-state index < -0.39 is 72.1 Å². The molecule has 2 fully saturated rings. The number of nitrogens with two attached hydrogens (primary N) is 1. The van der Waals surface area contributed by atoms with Crippen molar-refractivity contribution in [1.82, 2.24) is 26.6 Å². The zero-order valence-corrected chi connectivity index (χ0v) is 34.5. The van der Waals surface area contributed by atoms with Crippen molar-refractivity contribution in [3.05, 3.63) is 83.4 Å². The molecule has 0 radical (unpaired) electrons. The van der Waals surface area contributed by atoms with Crippen molar-refractivity contribution in [1.29, 1.82) is 0 Å². The van der Waals surface area contributed by atoms with Gasteiger partial charge in [0, 0.05) is 36.2 Å². The number of benzene rings is 2. The summed E-state index contributed by atoms with van der Waals surface area (Å²) in [5.41, 5.74) is 7.28. The van der Waals surface area contributed by atoms with Gasteiger partial charge in [-0.3, -0.25) is 33.6 Å². The summed E-state index contributed by atoms with van der Waals surface area (Å²) in [4.78, 5) is 93.0. The Balaban J connectivity index is 1.39. The molecule has 0 bridgehead atoms. The maximum Gasteiger partial charge on any atom is 0.244 e. The van der Waals surface area contributed by atoms with Crippen LogP contribution in [0.2, 0.25) is 0 Å². The molecule has 2 saturated carbocycles. The summed E-state index contributed by atoms with van der Waals surface area (Å²) >= 11 is 0. The van der Waals surface area contributed by atoms with Gasteiger partial charge in [0.05, 0.1) is 18.6 Å². The number of nitrogens with one attached hydrogen (secondary N) is 5. The Morgan fingerprint density at radius 3 is 1.83 bits per heavy atom. The molecule has 5 rings (SSSR count). The summed E-state index contributed by atoms with van der Waals surface area (Å²) in [5, 5.41) is 25.5. The predicted octanol–water partition coefficient (Wildman–Crippen LogP) is 3.43. The van der Waals surface area contributed by atoms with E-state index in [2.05, 4.69) is 26.6 Å². The first kappa shape index (κ1) is 45.7. The maximum atomic E-state index is 14.2. The van der Waals surface area contributed by atoms with E-state index in [9.17, 15) is 38.7 Å². The van der Waals surface area contributed by atoms with E-state index in [0.717, 1.165) is 76.4 Å². The second kappa shape index (κ2) is 23.4. The summed E-state index contributed by atoms with van der Waals surface area (Å²) in [6.07, 6.45) is 12.1. The van der Waals surface area contributed by atoms with Gasteiger partial charge in [-0.05, 0) is 49.5 Å². The summed E-state index contributed by atoms with van der Waals surface area (Å²) in [7, 11) is 0. The lowest BCUT2D eigenvalue weighted by molar-refractivity contribution is -0.133. The summed E-state index contributed by atoms with van der Waals surface area (Å²) in [5.74, 6) is -3.41. The number of carbonyl (C=O) groups excluding carboxylic acids is 7. The minimum absolute atomic E-state index is 0.0893. The van der Waals surface area contributed by atoms with Crippen molar-refractivity contribution in [2.75, 3.05) is 6.54 Å². The first-order chi connectivity index (χ1) is 28.9. The molecule has 0 aromatic heterocycles. The van der Waals surface area contributed by atoms with Crippen LogP contribution in [0.3, 0.4) is 0 Å². The Morgan fingerprint density at radius 2 is 1.20 bits per heavy atom. The smallest absolute Gasteiger partial charge is 0.244 e. The second-order valence-corrected chi connectivity index (χ2v) is 16.7. The lowest BCUT2D eigenvalue weighted by Crippen LogP contribution is -2.55. The Hall–Kier alpha value is -5.37. The van der Waals surface area contributed by atoms with Crippen LogP contribution in [0.4, 0.5) is 0 Å². The number of aliphatic hydroxyl groups excluding tert-OH is 1. The van der Waals surface area contributed by atoms with Crippen LogP contribution < -0.4 is 32.3 Å². The molecular formula is C46H62N6O8. The number of rotatable bonds is 9. The predicted molar refractivity (Wildman–Crippen MR) is 226 cm³/mol. The van der Waals surface area contributed by atoms with Gasteiger partial charge in [0.1, 0.15) is 18.1 Å². The average Bonchev–Trinajstić information content (AvgIpc) is 3.25. The molecule has 0 saturated heterocycles. The molecule has 6 amide bonds. The molecule has 8 N–H and O–H groups in total. The van der Waals surface area contributed by atoms with Gasteiger partial charge < -0.3 is 37.4 Å². The quantitative estimate of drug-likeness (QED) is 0.185. The molecule has 2 aromatic rings. The molecule has 0 spiro atoms. The number of carbonyl (C=O) groups is 7. The molecule has 1 heterocycles. The van der Waals surface area contributed by atoms with Crippen molar-refractivity contribution in [3.63, 3.8) is 0 Å². The minimum atomic E-state index is -1.30. The molecule has 3 aliphatic rings. The number of hydrogen-bond acceptors (Lipinski definition) is 8. The van der Waals surface area contributed by atoms with Gasteiger partial charge in [-0.1, -0.05) is 119 Å². The van der Waals surface area contributed by atoms with Gasteiger partial charge in [0.15, 0.2) is 5.78 Å². The number of ketones is 1. The third-order valence-electron chi connectivity index (χ3n) is 12.0. The number of amides is 6. The van der Waals surface area contributed by atoms with E-state index in [0.29, 0.717) is 42.4 Å². The molecule has 60 heavy (non-hydrogen) atoms. The fourth-order valence-corrected chi connectivity index (χ4v) is 8.63. The van der Waals surface area contributed by atoms with Crippen LogP contribution in [0.15, 0.2) is 66.7 Å². The van der Waals surface area contributed by atoms with Crippen LogP contribution in [0.5, 0.6) is 0 Å². The normalized spacial score (nSPS) is 25.3. The molecular weight excluding hydrogens is 765 g/mol. The Bertz CT molecular complexity index is 1810. The number of aliphatic hydroxyl groups is 1. The lowest BCUT2D eigenvalue weighted by atomic mass is 9.83. The zero-order valence-electron chi connectivity index (χ0n) is 34.5. The van der Waals surface area contributed by atoms with Crippen LogP contribution in [-0.2, 0) is 35.2 Å². The minimum Gasteiger partial charge on any atom is -0.390 e. The lowest BCUT2D eigenvalue weighted by Gasteiger charge is -2.31. The second-order valence-electron chi connectivity index (χ2n) is 16.7. The Kier molecular flexibility index (Phi) is 17.8. The largest absolute Gasteiger partial charge is 0.390 e. The van der Waals surface area contributed by atoms with Gasteiger partial charge in [-0.25, -0.2) is 0 Å². The molecule has 2 aromatic carbocycles. The van der Waals surface area contributed by atoms with Crippen LogP contribution in [-0.4, -0.2) is 83.1 Å². The molecule has 2 aliphatic carbocycles. The highest BCUT2D eigenvalue weighted by atomic mass is 16.3. The van der Waals surface area contributed by atoms with Crippen molar-refractivity contribution in [2.45, 2.75) is 139 Å². The van der Waals surface area contributed by atoms with Gasteiger partial charge >= 0.3 is 0 Å². The van der Waals surface area contributed by atoms with Crippen LogP contribution in [0.1, 0.15) is 124 Å². The third kappa shape index (κ3) is 14.7.